The molecule has 7 heteroatoms. The zero-order valence-corrected chi connectivity index (χ0v) is 11.8. The molecule has 0 aliphatic rings. The molecule has 0 aliphatic carbocycles. The minimum absolute atomic E-state index is 0.0728. The average molecular weight is 288 g/mol. The molecule has 7 nitrogen and oxygen atoms in total. The van der Waals surface area contributed by atoms with Crippen molar-refractivity contribution < 1.29 is 9.72 Å². The lowest BCUT2D eigenvalue weighted by Crippen LogP contribution is -2.12. The summed E-state index contributed by atoms with van der Waals surface area (Å²) in [5.74, 6) is -0.0145. The van der Waals surface area contributed by atoms with Crippen LogP contribution in [0.5, 0.6) is 0 Å². The average Bonchev–Trinajstić information content (AvgIpc) is 2.86. The third-order valence-electron chi connectivity index (χ3n) is 3.06. The van der Waals surface area contributed by atoms with Crippen molar-refractivity contribution in [2.75, 3.05) is 5.32 Å². The van der Waals surface area contributed by atoms with Crippen LogP contribution in [0.4, 0.5) is 11.5 Å². The SMILES string of the molecule is CCCc1cc(NC(=O)c2ccc(C)c([N+](=O)[O-])c2)n[nH]1. The van der Waals surface area contributed by atoms with E-state index in [1.165, 1.54) is 6.07 Å². The van der Waals surface area contributed by atoms with E-state index in [-0.39, 0.29) is 11.3 Å². The lowest BCUT2D eigenvalue weighted by molar-refractivity contribution is -0.385. The van der Waals surface area contributed by atoms with Crippen molar-refractivity contribution in [3.63, 3.8) is 0 Å². The number of nitrogens with one attached hydrogen (secondary N) is 2. The number of amides is 1. The Balaban J connectivity index is 2.16. The lowest BCUT2D eigenvalue weighted by Gasteiger charge is -2.03. The zero-order chi connectivity index (χ0) is 15.4. The Hall–Kier alpha value is -2.70. The second-order valence-corrected chi connectivity index (χ2v) is 4.74. The smallest absolute Gasteiger partial charge is 0.273 e. The molecule has 110 valence electrons. The number of hydrogen-bond donors (Lipinski definition) is 2. The maximum Gasteiger partial charge on any atom is 0.273 e. The molecule has 0 radical (unpaired) electrons. The van der Waals surface area contributed by atoms with Crippen LogP contribution in [0, 0.1) is 17.0 Å². The Kier molecular flexibility index (Phi) is 4.32. The standard InChI is InChI=1S/C14H16N4O3/c1-3-4-11-8-13(17-16-11)15-14(19)10-6-5-9(2)12(7-10)18(20)21/h5-8H,3-4H2,1-2H3,(H2,15,16,17,19). The highest BCUT2D eigenvalue weighted by molar-refractivity contribution is 6.04. The number of aromatic amines is 1. The molecule has 0 aliphatic heterocycles. The number of carbonyl (C=O) groups is 1. The third kappa shape index (κ3) is 3.44. The quantitative estimate of drug-likeness (QED) is 0.652. The number of hydrogen-bond acceptors (Lipinski definition) is 4. The van der Waals surface area contributed by atoms with Gasteiger partial charge in [-0.05, 0) is 19.4 Å². The third-order valence-corrected chi connectivity index (χ3v) is 3.06. The molecule has 0 bridgehead atoms. The van der Waals surface area contributed by atoms with Gasteiger partial charge >= 0.3 is 0 Å². The predicted molar refractivity (Wildman–Crippen MR) is 78.4 cm³/mol. The van der Waals surface area contributed by atoms with Gasteiger partial charge in [-0.2, -0.15) is 5.10 Å². The van der Waals surface area contributed by atoms with Gasteiger partial charge in [-0.25, -0.2) is 0 Å². The number of H-pyrrole nitrogens is 1. The summed E-state index contributed by atoms with van der Waals surface area (Å²) in [6.07, 6.45) is 1.82. The molecule has 21 heavy (non-hydrogen) atoms. The number of rotatable bonds is 5. The van der Waals surface area contributed by atoms with Crippen molar-refractivity contribution in [3.8, 4) is 0 Å². The van der Waals surface area contributed by atoms with Gasteiger partial charge in [-0.15, -0.1) is 0 Å². The van der Waals surface area contributed by atoms with Gasteiger partial charge in [0.15, 0.2) is 5.82 Å². The molecule has 0 unspecified atom stereocenters. The Labute approximate surface area is 121 Å². The summed E-state index contributed by atoms with van der Waals surface area (Å²) in [5, 5.41) is 20.3. The summed E-state index contributed by atoms with van der Waals surface area (Å²) in [7, 11) is 0. The van der Waals surface area contributed by atoms with Gasteiger partial charge in [0, 0.05) is 29.0 Å². The molecule has 2 aromatic rings. The topological polar surface area (TPSA) is 101 Å². The van der Waals surface area contributed by atoms with Gasteiger partial charge in [-0.1, -0.05) is 19.4 Å². The first-order chi connectivity index (χ1) is 10.0. The van der Waals surface area contributed by atoms with E-state index in [0.717, 1.165) is 18.5 Å². The van der Waals surface area contributed by atoms with E-state index < -0.39 is 10.8 Å². The molecule has 1 aromatic heterocycles. The first kappa shape index (κ1) is 14.7. The van der Waals surface area contributed by atoms with E-state index in [4.69, 9.17) is 0 Å². The maximum absolute atomic E-state index is 12.1. The van der Waals surface area contributed by atoms with E-state index in [0.29, 0.717) is 11.4 Å². The lowest BCUT2D eigenvalue weighted by atomic mass is 10.1. The van der Waals surface area contributed by atoms with E-state index in [1.807, 2.05) is 6.92 Å². The number of nitrogens with zero attached hydrogens (tertiary/aromatic N) is 2. The number of nitro groups is 1. The Morgan fingerprint density at radius 3 is 2.86 bits per heavy atom. The van der Waals surface area contributed by atoms with Crippen molar-refractivity contribution in [1.82, 2.24) is 10.2 Å². The Bertz CT molecular complexity index is 679. The first-order valence-corrected chi connectivity index (χ1v) is 6.62. The van der Waals surface area contributed by atoms with Crippen LogP contribution in [0.15, 0.2) is 24.3 Å². The Morgan fingerprint density at radius 2 is 2.19 bits per heavy atom. The summed E-state index contributed by atoms with van der Waals surface area (Å²) in [6, 6.07) is 6.13. The van der Waals surface area contributed by atoms with E-state index >= 15 is 0 Å². The van der Waals surface area contributed by atoms with Crippen LogP contribution in [0.2, 0.25) is 0 Å². The largest absolute Gasteiger partial charge is 0.305 e. The summed E-state index contributed by atoms with van der Waals surface area (Å²) in [4.78, 5) is 22.5. The van der Waals surface area contributed by atoms with Crippen LogP contribution in [-0.2, 0) is 6.42 Å². The summed E-state index contributed by atoms with van der Waals surface area (Å²) in [5.41, 5.74) is 1.60. The van der Waals surface area contributed by atoms with Crippen LogP contribution in [0.25, 0.3) is 0 Å². The molecule has 0 spiro atoms. The highest BCUT2D eigenvalue weighted by Gasteiger charge is 2.15. The number of aryl methyl sites for hydroxylation is 2. The number of anilines is 1. The van der Waals surface area contributed by atoms with Crippen LogP contribution in [-0.4, -0.2) is 21.0 Å². The van der Waals surface area contributed by atoms with Crippen LogP contribution < -0.4 is 5.32 Å². The van der Waals surface area contributed by atoms with Crippen molar-refractivity contribution in [2.24, 2.45) is 0 Å². The van der Waals surface area contributed by atoms with Gasteiger partial charge < -0.3 is 5.32 Å². The normalized spacial score (nSPS) is 10.4. The maximum atomic E-state index is 12.1. The fourth-order valence-electron chi connectivity index (χ4n) is 1.96. The monoisotopic (exact) mass is 288 g/mol. The fraction of sp³-hybridized carbons (Fsp3) is 0.286. The van der Waals surface area contributed by atoms with Gasteiger partial charge in [0.05, 0.1) is 4.92 Å². The van der Waals surface area contributed by atoms with Crippen LogP contribution in [0.1, 0.15) is 35.0 Å². The summed E-state index contributed by atoms with van der Waals surface area (Å²) < 4.78 is 0. The van der Waals surface area contributed by atoms with Gasteiger partial charge in [-0.3, -0.25) is 20.0 Å². The zero-order valence-electron chi connectivity index (χ0n) is 11.8. The second kappa shape index (κ2) is 6.17. The minimum Gasteiger partial charge on any atom is -0.305 e. The second-order valence-electron chi connectivity index (χ2n) is 4.74. The molecular formula is C14H16N4O3. The molecule has 0 saturated heterocycles. The van der Waals surface area contributed by atoms with E-state index in [9.17, 15) is 14.9 Å². The van der Waals surface area contributed by atoms with E-state index in [1.54, 1.807) is 25.1 Å². The van der Waals surface area contributed by atoms with E-state index in [2.05, 4.69) is 15.5 Å². The molecule has 0 fully saturated rings. The molecule has 1 aromatic carbocycles. The van der Waals surface area contributed by atoms with Crippen molar-refractivity contribution >= 4 is 17.4 Å². The van der Waals surface area contributed by atoms with Crippen LogP contribution in [0.3, 0.4) is 0 Å². The van der Waals surface area contributed by atoms with Crippen molar-refractivity contribution in [3.05, 3.63) is 51.2 Å². The number of benzene rings is 1. The fourth-order valence-corrected chi connectivity index (χ4v) is 1.96. The van der Waals surface area contributed by atoms with Crippen molar-refractivity contribution in [1.29, 1.82) is 0 Å². The van der Waals surface area contributed by atoms with Gasteiger partial charge in [0.1, 0.15) is 0 Å². The number of carbonyl (C=O) groups excluding carboxylic acids is 1. The van der Waals surface area contributed by atoms with Gasteiger partial charge in [0.2, 0.25) is 0 Å². The first-order valence-electron chi connectivity index (χ1n) is 6.62. The summed E-state index contributed by atoms with van der Waals surface area (Å²) in [6.45, 7) is 3.68. The predicted octanol–water partition coefficient (Wildman–Crippen LogP) is 2.83. The number of nitro benzene ring substituents is 1. The van der Waals surface area contributed by atoms with Crippen molar-refractivity contribution in [2.45, 2.75) is 26.7 Å². The molecule has 2 N–H and O–H groups in total. The molecular weight excluding hydrogens is 272 g/mol. The summed E-state index contributed by atoms with van der Waals surface area (Å²) >= 11 is 0. The molecule has 0 atom stereocenters. The molecule has 1 amide bonds. The molecule has 0 saturated carbocycles. The van der Waals surface area contributed by atoms with Gasteiger partial charge in [0.25, 0.3) is 11.6 Å². The highest BCUT2D eigenvalue weighted by atomic mass is 16.6. The number of aromatic nitrogens is 2. The minimum atomic E-state index is -0.500. The van der Waals surface area contributed by atoms with Crippen LogP contribution >= 0.6 is 0 Å². The Morgan fingerprint density at radius 1 is 1.43 bits per heavy atom. The molecule has 2 rings (SSSR count). The highest BCUT2D eigenvalue weighted by Crippen LogP contribution is 2.20. The molecule has 1 heterocycles.